The van der Waals surface area contributed by atoms with Gasteiger partial charge in [0, 0.05) is 42.9 Å². The molecule has 0 N–H and O–H groups in total. The number of carbonyl (C=O) groups is 1. The first-order valence-electron chi connectivity index (χ1n) is 9.95. The van der Waals surface area contributed by atoms with E-state index < -0.39 is 0 Å². The highest BCUT2D eigenvalue weighted by molar-refractivity contribution is 5.94. The lowest BCUT2D eigenvalue weighted by molar-refractivity contribution is 0.0114. The van der Waals surface area contributed by atoms with E-state index in [1.54, 1.807) is 25.4 Å². The van der Waals surface area contributed by atoms with E-state index in [2.05, 4.69) is 27.1 Å². The number of hydrogen-bond acceptors (Lipinski definition) is 7. The van der Waals surface area contributed by atoms with Crippen LogP contribution in [0.1, 0.15) is 28.7 Å². The second-order valence-electron chi connectivity index (χ2n) is 8.21. The van der Waals surface area contributed by atoms with Crippen LogP contribution in [0.5, 0.6) is 5.88 Å². The molecule has 8 heteroatoms. The zero-order chi connectivity index (χ0) is 20.7. The van der Waals surface area contributed by atoms with E-state index in [1.165, 1.54) is 0 Å². The Morgan fingerprint density at radius 1 is 1.17 bits per heavy atom. The summed E-state index contributed by atoms with van der Waals surface area (Å²) in [5.74, 6) is 1.75. The molecule has 154 valence electrons. The second-order valence-corrected chi connectivity index (χ2v) is 8.21. The van der Waals surface area contributed by atoms with E-state index >= 15 is 0 Å². The van der Waals surface area contributed by atoms with Crippen LogP contribution in [-0.4, -0.2) is 64.6 Å². The standard InChI is InChI=1S/C22H23N5O3/c1-26-12-22(13-27(14-22)21(28)16-8-9-18(29-2)23-11-16)10-17(26)20-24-19(25-30-20)15-6-4-3-5-7-15/h3-9,11,17H,10,12-14H2,1-2H3. The largest absolute Gasteiger partial charge is 0.481 e. The summed E-state index contributed by atoms with van der Waals surface area (Å²) < 4.78 is 10.7. The number of methoxy groups -OCH3 is 1. The zero-order valence-electron chi connectivity index (χ0n) is 17.0. The number of likely N-dealkylation sites (tertiary alicyclic amines) is 2. The Kier molecular flexibility index (Phi) is 4.51. The van der Waals surface area contributed by atoms with Crippen molar-refractivity contribution in [3.8, 4) is 17.3 Å². The minimum Gasteiger partial charge on any atom is -0.481 e. The number of carbonyl (C=O) groups excluding carboxylic acids is 1. The molecule has 1 amide bonds. The first-order valence-corrected chi connectivity index (χ1v) is 9.95. The predicted octanol–water partition coefficient (Wildman–Crippen LogP) is 2.66. The molecule has 30 heavy (non-hydrogen) atoms. The van der Waals surface area contributed by atoms with Crippen LogP contribution in [0.4, 0.5) is 0 Å². The van der Waals surface area contributed by atoms with Gasteiger partial charge in [0.1, 0.15) is 0 Å². The normalized spacial score (nSPS) is 20.3. The summed E-state index contributed by atoms with van der Waals surface area (Å²) in [7, 11) is 3.63. The van der Waals surface area contributed by atoms with Gasteiger partial charge < -0.3 is 14.2 Å². The molecule has 2 saturated heterocycles. The Hall–Kier alpha value is -3.26. The van der Waals surface area contributed by atoms with Crippen molar-refractivity contribution >= 4 is 5.91 Å². The highest BCUT2D eigenvalue weighted by Crippen LogP contribution is 2.47. The lowest BCUT2D eigenvalue weighted by Crippen LogP contribution is -2.59. The third kappa shape index (κ3) is 3.23. The van der Waals surface area contributed by atoms with Crippen molar-refractivity contribution in [2.24, 2.45) is 5.41 Å². The van der Waals surface area contributed by atoms with Crippen molar-refractivity contribution in [1.29, 1.82) is 0 Å². The number of amides is 1. The molecule has 2 aromatic heterocycles. The van der Waals surface area contributed by atoms with Gasteiger partial charge in [-0.15, -0.1) is 0 Å². The smallest absolute Gasteiger partial charge is 0.255 e. The summed E-state index contributed by atoms with van der Waals surface area (Å²) in [6, 6.07) is 13.4. The van der Waals surface area contributed by atoms with Gasteiger partial charge in [0.15, 0.2) is 0 Å². The van der Waals surface area contributed by atoms with Crippen molar-refractivity contribution in [3.63, 3.8) is 0 Å². The number of pyridine rings is 1. The lowest BCUT2D eigenvalue weighted by Gasteiger charge is -2.48. The van der Waals surface area contributed by atoms with Gasteiger partial charge >= 0.3 is 0 Å². The summed E-state index contributed by atoms with van der Waals surface area (Å²) in [6.07, 6.45) is 2.46. The van der Waals surface area contributed by atoms with Crippen LogP contribution < -0.4 is 4.74 Å². The van der Waals surface area contributed by atoms with Crippen molar-refractivity contribution < 1.29 is 14.1 Å². The van der Waals surface area contributed by atoms with Crippen LogP contribution in [0, 0.1) is 5.41 Å². The van der Waals surface area contributed by atoms with Crippen LogP contribution in [-0.2, 0) is 0 Å². The summed E-state index contributed by atoms with van der Waals surface area (Å²) in [5.41, 5.74) is 1.59. The highest BCUT2D eigenvalue weighted by Gasteiger charge is 2.53. The fraction of sp³-hybridized carbons (Fsp3) is 0.364. The quantitative estimate of drug-likeness (QED) is 0.660. The number of aromatic nitrogens is 3. The van der Waals surface area contributed by atoms with Crippen LogP contribution in [0.25, 0.3) is 11.4 Å². The number of rotatable bonds is 4. The van der Waals surface area contributed by atoms with E-state index in [1.807, 2.05) is 35.2 Å². The molecule has 5 rings (SSSR count). The topological polar surface area (TPSA) is 84.6 Å². The van der Waals surface area contributed by atoms with Gasteiger partial charge in [0.05, 0.1) is 18.7 Å². The maximum atomic E-state index is 12.8. The molecule has 0 aliphatic carbocycles. The summed E-state index contributed by atoms with van der Waals surface area (Å²) in [6.45, 7) is 2.34. The molecule has 1 unspecified atom stereocenters. The van der Waals surface area contributed by atoms with Gasteiger partial charge in [-0.05, 0) is 19.5 Å². The highest BCUT2D eigenvalue weighted by atomic mass is 16.5. The number of ether oxygens (including phenoxy) is 1. The molecule has 1 spiro atoms. The van der Waals surface area contributed by atoms with Gasteiger partial charge in [-0.2, -0.15) is 4.98 Å². The third-order valence-electron chi connectivity index (χ3n) is 6.03. The Balaban J connectivity index is 1.25. The molecular weight excluding hydrogens is 382 g/mol. The van der Waals surface area contributed by atoms with Gasteiger partial charge in [0.2, 0.25) is 17.6 Å². The molecule has 2 aliphatic rings. The van der Waals surface area contributed by atoms with Gasteiger partial charge in [0.25, 0.3) is 5.91 Å². The summed E-state index contributed by atoms with van der Waals surface area (Å²) in [5, 5.41) is 4.16. The molecule has 1 aromatic carbocycles. The lowest BCUT2D eigenvalue weighted by atomic mass is 9.77. The number of hydrogen-bond donors (Lipinski definition) is 0. The van der Waals surface area contributed by atoms with E-state index in [0.717, 1.165) is 31.6 Å². The van der Waals surface area contributed by atoms with Crippen LogP contribution in [0.15, 0.2) is 53.2 Å². The number of benzene rings is 1. The van der Waals surface area contributed by atoms with Crippen LogP contribution in [0.3, 0.4) is 0 Å². The van der Waals surface area contributed by atoms with Crippen molar-refractivity contribution in [2.75, 3.05) is 33.8 Å². The van der Waals surface area contributed by atoms with Crippen LogP contribution >= 0.6 is 0 Å². The summed E-state index contributed by atoms with van der Waals surface area (Å²) in [4.78, 5) is 25.6. The fourth-order valence-corrected chi connectivity index (χ4v) is 4.57. The molecule has 2 aliphatic heterocycles. The average molecular weight is 405 g/mol. The Morgan fingerprint density at radius 2 is 1.97 bits per heavy atom. The molecule has 2 fully saturated rings. The SMILES string of the molecule is COc1ccc(C(=O)N2CC3(CC(c4nc(-c5ccccc5)no4)N(C)C3)C2)cn1. The zero-order valence-corrected chi connectivity index (χ0v) is 17.0. The molecule has 3 aromatic rings. The molecule has 1 atom stereocenters. The molecule has 0 saturated carbocycles. The van der Waals surface area contributed by atoms with E-state index in [-0.39, 0.29) is 17.4 Å². The summed E-state index contributed by atoms with van der Waals surface area (Å²) >= 11 is 0. The maximum Gasteiger partial charge on any atom is 0.255 e. The fourth-order valence-electron chi connectivity index (χ4n) is 4.57. The van der Waals surface area contributed by atoms with E-state index in [0.29, 0.717) is 23.2 Å². The molecule has 4 heterocycles. The van der Waals surface area contributed by atoms with Crippen molar-refractivity contribution in [2.45, 2.75) is 12.5 Å². The Morgan fingerprint density at radius 3 is 2.67 bits per heavy atom. The van der Waals surface area contributed by atoms with Crippen LogP contribution in [0.2, 0.25) is 0 Å². The minimum absolute atomic E-state index is 0.00559. The molecule has 0 radical (unpaired) electrons. The average Bonchev–Trinajstić information content (AvgIpc) is 3.38. The molecular formula is C22H23N5O3. The predicted molar refractivity (Wildman–Crippen MR) is 109 cm³/mol. The third-order valence-corrected chi connectivity index (χ3v) is 6.03. The van der Waals surface area contributed by atoms with Gasteiger partial charge in [-0.3, -0.25) is 9.69 Å². The monoisotopic (exact) mass is 405 g/mol. The van der Waals surface area contributed by atoms with Crippen molar-refractivity contribution in [1.82, 2.24) is 24.9 Å². The maximum absolute atomic E-state index is 12.8. The second kappa shape index (κ2) is 7.21. The minimum atomic E-state index is 0.00559. The Bertz CT molecular complexity index is 1040. The Labute approximate surface area is 174 Å². The van der Waals surface area contributed by atoms with Gasteiger partial charge in [-0.1, -0.05) is 35.5 Å². The first-order chi connectivity index (χ1) is 14.6. The molecule has 8 nitrogen and oxygen atoms in total. The number of nitrogens with zero attached hydrogens (tertiary/aromatic N) is 5. The first kappa shape index (κ1) is 18.7. The van der Waals surface area contributed by atoms with E-state index in [9.17, 15) is 4.79 Å². The van der Waals surface area contributed by atoms with Crippen molar-refractivity contribution in [3.05, 3.63) is 60.1 Å². The molecule has 0 bridgehead atoms. The van der Waals surface area contributed by atoms with E-state index in [4.69, 9.17) is 9.26 Å². The van der Waals surface area contributed by atoms with Gasteiger partial charge in [-0.25, -0.2) is 4.98 Å².